The standard InChI is InChI=1S/C17H26NO2P.CH3.Ni/c1-16(2,3)21(17(4,5)6)12-14(19)18-15(20)13-10-8-7-9-11-13;;/h7-11H,12H2,1-6H3,(H,18,19,20);1H3;/q;-1;+2. The summed E-state index contributed by atoms with van der Waals surface area (Å²) in [4.78, 5) is 24.1. The molecule has 0 atom stereocenters. The van der Waals surface area contributed by atoms with Crippen LogP contribution in [0.4, 0.5) is 0 Å². The molecular formula is C18H29NNiO2P+. The van der Waals surface area contributed by atoms with Crippen LogP contribution in [-0.2, 0) is 21.3 Å². The van der Waals surface area contributed by atoms with Crippen LogP contribution in [0.5, 0.6) is 0 Å². The van der Waals surface area contributed by atoms with Gasteiger partial charge >= 0.3 is 16.5 Å². The van der Waals surface area contributed by atoms with Crippen LogP contribution in [0.25, 0.3) is 5.32 Å². The molecule has 0 heterocycles. The van der Waals surface area contributed by atoms with E-state index in [1.54, 1.807) is 24.3 Å². The molecule has 0 bridgehead atoms. The second-order valence-electron chi connectivity index (χ2n) is 7.33. The summed E-state index contributed by atoms with van der Waals surface area (Å²) in [7, 11) is -0.997. The van der Waals surface area contributed by atoms with Gasteiger partial charge in [-0.1, -0.05) is 30.3 Å². The number of carbonyl (C=O) groups is 2. The maximum Gasteiger partial charge on any atom is 2.00 e. The number of nitrogens with zero attached hydrogens (tertiary/aromatic N) is 1. The van der Waals surface area contributed by atoms with E-state index in [1.807, 2.05) is 6.07 Å². The molecule has 3 nitrogen and oxygen atoms in total. The molecule has 2 amide bonds. The maximum absolute atomic E-state index is 12.2. The largest absolute Gasteiger partial charge is 2.00 e. The average molecular weight is 381 g/mol. The fourth-order valence-corrected chi connectivity index (χ4v) is 6.30. The summed E-state index contributed by atoms with van der Waals surface area (Å²) in [5.74, 6) is -0.729. The minimum atomic E-state index is -0.997. The Bertz CT molecular complexity index is 490. The zero-order valence-corrected chi connectivity index (χ0v) is 17.2. The van der Waals surface area contributed by atoms with E-state index in [0.29, 0.717) is 11.7 Å². The first-order valence-electron chi connectivity index (χ1n) is 7.22. The molecule has 1 aromatic rings. The Balaban J connectivity index is 0. The second kappa shape index (κ2) is 9.55. The molecule has 0 unspecified atom stereocenters. The van der Waals surface area contributed by atoms with Crippen LogP contribution in [0.3, 0.4) is 0 Å². The van der Waals surface area contributed by atoms with E-state index in [4.69, 9.17) is 0 Å². The Morgan fingerprint density at radius 3 is 1.78 bits per heavy atom. The molecule has 23 heavy (non-hydrogen) atoms. The topological polar surface area (TPSA) is 48.2 Å². The molecular weight excluding hydrogens is 352 g/mol. The van der Waals surface area contributed by atoms with E-state index < -0.39 is 13.8 Å². The number of hydrogen-bond donors (Lipinski definition) is 0. The van der Waals surface area contributed by atoms with Crippen LogP contribution in [0.1, 0.15) is 51.9 Å². The van der Waals surface area contributed by atoms with Gasteiger partial charge in [-0.2, -0.15) is 0 Å². The molecule has 0 saturated heterocycles. The van der Waals surface area contributed by atoms with Gasteiger partial charge in [0.1, 0.15) is 0 Å². The van der Waals surface area contributed by atoms with E-state index in [9.17, 15) is 9.59 Å². The predicted octanol–water partition coefficient (Wildman–Crippen LogP) is 4.99. The van der Waals surface area contributed by atoms with E-state index >= 15 is 0 Å². The molecule has 0 aliphatic heterocycles. The van der Waals surface area contributed by atoms with Gasteiger partial charge in [-0.15, -0.1) is 0 Å². The van der Waals surface area contributed by atoms with Crippen molar-refractivity contribution in [1.82, 2.24) is 0 Å². The van der Waals surface area contributed by atoms with Crippen molar-refractivity contribution < 1.29 is 26.1 Å². The van der Waals surface area contributed by atoms with E-state index in [2.05, 4.69) is 46.9 Å². The normalized spacial score (nSPS) is 11.3. The van der Waals surface area contributed by atoms with Crippen molar-refractivity contribution in [3.05, 3.63) is 48.6 Å². The van der Waals surface area contributed by atoms with Crippen LogP contribution in [0.2, 0.25) is 0 Å². The number of amides is 2. The van der Waals surface area contributed by atoms with Gasteiger partial charge in [0.05, 0.1) is 28.3 Å². The molecule has 5 heteroatoms. The van der Waals surface area contributed by atoms with Crippen LogP contribution >= 0.6 is 7.92 Å². The fourth-order valence-electron chi connectivity index (χ4n) is 2.60. The van der Waals surface area contributed by atoms with Crippen LogP contribution < -0.4 is 0 Å². The molecule has 0 aromatic heterocycles. The Hall–Kier alpha value is -0.716. The Kier molecular flexibility index (Phi) is 10.2. The summed E-state index contributed by atoms with van der Waals surface area (Å²) >= 11 is 0. The molecule has 0 aliphatic rings. The van der Waals surface area contributed by atoms with Crippen molar-refractivity contribution in [3.8, 4) is 0 Å². The average Bonchev–Trinajstić information content (AvgIpc) is 2.34. The molecule has 0 radical (unpaired) electrons. The molecule has 1 rings (SSSR count). The zero-order chi connectivity index (χ0) is 16.3. The Morgan fingerprint density at radius 1 is 0.957 bits per heavy atom. The molecule has 0 spiro atoms. The SMILES string of the molecule is CC(C)(C)[PH+](CC(=O)[N-]C(=O)c1ccccc1)C(C)(C)C.[CH3-].[Ni+2]. The third-order valence-corrected chi connectivity index (χ3v) is 7.66. The smallest absolute Gasteiger partial charge is 0.589 e. The maximum atomic E-state index is 12.2. The number of rotatable bonds is 3. The van der Waals surface area contributed by atoms with Crippen molar-refractivity contribution in [2.45, 2.75) is 51.9 Å². The minimum Gasteiger partial charge on any atom is -0.589 e. The van der Waals surface area contributed by atoms with Crippen molar-refractivity contribution in [2.24, 2.45) is 0 Å². The first-order chi connectivity index (χ1) is 9.51. The van der Waals surface area contributed by atoms with Gasteiger partial charge in [-0.05, 0) is 47.1 Å². The zero-order valence-electron chi connectivity index (χ0n) is 15.2. The summed E-state index contributed by atoms with van der Waals surface area (Å²) < 4.78 is 0. The van der Waals surface area contributed by atoms with Crippen molar-refractivity contribution in [1.29, 1.82) is 0 Å². The number of hydrogen-bond acceptors (Lipinski definition) is 2. The van der Waals surface area contributed by atoms with Crippen molar-refractivity contribution in [2.75, 3.05) is 6.16 Å². The Morgan fingerprint density at radius 2 is 1.39 bits per heavy atom. The van der Waals surface area contributed by atoms with Gasteiger partial charge in [0.2, 0.25) is 0 Å². The molecule has 0 saturated carbocycles. The summed E-state index contributed by atoms with van der Waals surface area (Å²) in [6.07, 6.45) is 0.399. The predicted molar refractivity (Wildman–Crippen MR) is 98.2 cm³/mol. The number of benzene rings is 1. The summed E-state index contributed by atoms with van der Waals surface area (Å²) in [5, 5.41) is 3.94. The van der Waals surface area contributed by atoms with E-state index in [1.165, 1.54) is 0 Å². The Labute approximate surface area is 152 Å². The summed E-state index contributed by atoms with van der Waals surface area (Å²) in [5.41, 5.74) is 0.464. The number of carbonyl (C=O) groups excluding carboxylic acids is 2. The first kappa shape index (κ1) is 24.5. The number of imide groups is 1. The van der Waals surface area contributed by atoms with Crippen molar-refractivity contribution in [3.63, 3.8) is 0 Å². The third kappa shape index (κ3) is 8.09. The quantitative estimate of drug-likeness (QED) is 0.421. The van der Waals surface area contributed by atoms with Crippen LogP contribution in [-0.4, -0.2) is 28.3 Å². The molecule has 132 valence electrons. The molecule has 0 fully saturated rings. The molecule has 0 aliphatic carbocycles. The van der Waals surface area contributed by atoms with Gasteiger partial charge in [-0.3, -0.25) is 0 Å². The third-order valence-electron chi connectivity index (χ3n) is 3.39. The molecule has 0 N–H and O–H groups in total. The van der Waals surface area contributed by atoms with Crippen LogP contribution in [0.15, 0.2) is 30.3 Å². The first-order valence-corrected chi connectivity index (χ1v) is 8.93. The van der Waals surface area contributed by atoms with Crippen molar-refractivity contribution >= 4 is 19.7 Å². The monoisotopic (exact) mass is 380 g/mol. The summed E-state index contributed by atoms with van der Waals surface area (Å²) in [6, 6.07) is 8.73. The molecule has 1 aromatic carbocycles. The fraction of sp³-hybridized carbons (Fsp3) is 0.500. The van der Waals surface area contributed by atoms with E-state index in [-0.39, 0.29) is 40.1 Å². The van der Waals surface area contributed by atoms with E-state index in [0.717, 1.165) is 0 Å². The summed E-state index contributed by atoms with van der Waals surface area (Å²) in [6.45, 7) is 13.0. The van der Waals surface area contributed by atoms with Gasteiger partial charge in [0, 0.05) is 7.92 Å². The van der Waals surface area contributed by atoms with Gasteiger partial charge in [0.15, 0.2) is 0 Å². The van der Waals surface area contributed by atoms with Gasteiger partial charge < -0.3 is 22.3 Å². The van der Waals surface area contributed by atoms with Crippen LogP contribution in [0, 0.1) is 7.43 Å². The second-order valence-corrected chi connectivity index (χ2v) is 11.6. The van der Waals surface area contributed by atoms with Gasteiger partial charge in [0.25, 0.3) is 0 Å². The van der Waals surface area contributed by atoms with Gasteiger partial charge in [-0.25, -0.2) is 0 Å². The minimum absolute atomic E-state index is 0.